The van der Waals surface area contributed by atoms with Gasteiger partial charge in [0.1, 0.15) is 0 Å². The van der Waals surface area contributed by atoms with E-state index >= 15 is 0 Å². The van der Waals surface area contributed by atoms with Crippen LogP contribution in [0.5, 0.6) is 0 Å². The number of rotatable bonds is 5. The number of allylic oxidation sites excluding steroid dienone is 1. The van der Waals surface area contributed by atoms with E-state index in [1.54, 1.807) is 11.2 Å². The number of nitrogens with two attached hydrogens (primary N) is 1. The van der Waals surface area contributed by atoms with Crippen molar-refractivity contribution in [3.8, 4) is 0 Å². The predicted octanol–water partition coefficient (Wildman–Crippen LogP) is 1.71. The lowest BCUT2D eigenvalue weighted by molar-refractivity contribution is -0.110. The van der Waals surface area contributed by atoms with Gasteiger partial charge in [-0.15, -0.1) is 0 Å². The summed E-state index contributed by atoms with van der Waals surface area (Å²) in [4.78, 5) is 10.3. The van der Waals surface area contributed by atoms with E-state index in [4.69, 9.17) is 5.84 Å². The first-order chi connectivity index (χ1) is 7.69. The minimum absolute atomic E-state index is 0.0134. The molecule has 0 saturated carbocycles. The molecular formula is C12H17N3O. The van der Waals surface area contributed by atoms with Crippen LogP contribution in [0.4, 0.5) is 5.69 Å². The highest BCUT2D eigenvalue weighted by atomic mass is 16.1. The highest BCUT2D eigenvalue weighted by Crippen LogP contribution is 2.17. The van der Waals surface area contributed by atoms with Crippen LogP contribution >= 0.6 is 0 Å². The molecule has 0 bridgehead atoms. The Morgan fingerprint density at radius 3 is 2.50 bits per heavy atom. The number of carbonyl (C=O) groups excluding carboxylic acids is 1. The third-order valence-electron chi connectivity index (χ3n) is 2.32. The molecule has 1 rings (SSSR count). The van der Waals surface area contributed by atoms with Gasteiger partial charge in [-0.05, 0) is 31.5 Å². The van der Waals surface area contributed by atoms with E-state index in [1.165, 1.54) is 0 Å². The van der Waals surface area contributed by atoms with Crippen LogP contribution in [0.3, 0.4) is 0 Å². The fraction of sp³-hybridized carbons (Fsp3) is 0.250. The number of hydrazine groups is 1. The maximum Gasteiger partial charge on any atom is 0.207 e. The quantitative estimate of drug-likeness (QED) is 0.450. The Hall–Kier alpha value is -1.81. The van der Waals surface area contributed by atoms with Crippen molar-refractivity contribution in [2.24, 2.45) is 5.84 Å². The summed E-state index contributed by atoms with van der Waals surface area (Å²) in [6.07, 6.45) is 4.35. The standard InChI is InChI=1S/C12H17N3O/c1-3-8-15(13)12-6-4-11(5-7-12)10(2)14-9-16/h3-10H,13H2,1-2H3,(H,14,16)/b8-3-/t10-/m1/s1. The van der Waals surface area contributed by atoms with Gasteiger partial charge < -0.3 is 5.32 Å². The summed E-state index contributed by atoms with van der Waals surface area (Å²) >= 11 is 0. The van der Waals surface area contributed by atoms with Gasteiger partial charge >= 0.3 is 0 Å². The van der Waals surface area contributed by atoms with Crippen LogP contribution in [-0.4, -0.2) is 6.41 Å². The summed E-state index contributed by atoms with van der Waals surface area (Å²) in [7, 11) is 0. The van der Waals surface area contributed by atoms with Crippen molar-refractivity contribution in [2.75, 3.05) is 5.01 Å². The molecule has 0 aliphatic carbocycles. The summed E-state index contributed by atoms with van der Waals surface area (Å²) in [5, 5.41) is 4.24. The summed E-state index contributed by atoms with van der Waals surface area (Å²) in [5.41, 5.74) is 1.95. The Kier molecular flexibility index (Phi) is 4.54. The smallest absolute Gasteiger partial charge is 0.207 e. The molecule has 0 aliphatic heterocycles. The summed E-state index contributed by atoms with van der Waals surface area (Å²) in [6, 6.07) is 7.73. The highest BCUT2D eigenvalue weighted by molar-refractivity contribution is 5.51. The second-order valence-corrected chi connectivity index (χ2v) is 3.49. The van der Waals surface area contributed by atoms with E-state index in [1.807, 2.05) is 44.2 Å². The molecule has 16 heavy (non-hydrogen) atoms. The van der Waals surface area contributed by atoms with Gasteiger partial charge in [-0.3, -0.25) is 9.80 Å². The summed E-state index contributed by atoms with van der Waals surface area (Å²) in [5.74, 6) is 5.77. The van der Waals surface area contributed by atoms with Crippen molar-refractivity contribution in [3.63, 3.8) is 0 Å². The zero-order chi connectivity index (χ0) is 12.0. The molecule has 0 saturated heterocycles. The SMILES string of the molecule is C/C=C\N(N)c1ccc([C@@H](C)NC=O)cc1. The molecule has 4 nitrogen and oxygen atoms in total. The Labute approximate surface area is 95.7 Å². The van der Waals surface area contributed by atoms with Crippen LogP contribution in [0.25, 0.3) is 0 Å². The number of anilines is 1. The van der Waals surface area contributed by atoms with Crippen molar-refractivity contribution in [3.05, 3.63) is 42.1 Å². The molecule has 1 aromatic carbocycles. The van der Waals surface area contributed by atoms with E-state index in [-0.39, 0.29) is 6.04 Å². The van der Waals surface area contributed by atoms with Crippen LogP contribution in [0.2, 0.25) is 0 Å². The molecule has 1 aromatic rings. The maximum atomic E-state index is 10.3. The van der Waals surface area contributed by atoms with Crippen LogP contribution in [0, 0.1) is 0 Å². The molecule has 0 aromatic heterocycles. The lowest BCUT2D eigenvalue weighted by Gasteiger charge is -2.15. The molecule has 86 valence electrons. The van der Waals surface area contributed by atoms with Crippen LogP contribution in [0.1, 0.15) is 25.5 Å². The topological polar surface area (TPSA) is 58.4 Å². The van der Waals surface area contributed by atoms with Gasteiger partial charge in [0.25, 0.3) is 0 Å². The molecule has 0 fully saturated rings. The van der Waals surface area contributed by atoms with Crippen LogP contribution in [-0.2, 0) is 4.79 Å². The Morgan fingerprint density at radius 2 is 2.00 bits per heavy atom. The lowest BCUT2D eigenvalue weighted by Crippen LogP contribution is -2.24. The number of amides is 1. The fourth-order valence-corrected chi connectivity index (χ4v) is 1.38. The van der Waals surface area contributed by atoms with E-state index in [9.17, 15) is 4.79 Å². The van der Waals surface area contributed by atoms with Gasteiger partial charge in [-0.25, -0.2) is 5.84 Å². The minimum atomic E-state index is 0.0134. The van der Waals surface area contributed by atoms with Gasteiger partial charge in [-0.1, -0.05) is 18.2 Å². The number of hydrogen-bond donors (Lipinski definition) is 2. The average Bonchev–Trinajstić information content (AvgIpc) is 2.30. The maximum absolute atomic E-state index is 10.3. The first kappa shape index (κ1) is 12.3. The Bertz CT molecular complexity index is 359. The van der Waals surface area contributed by atoms with Crippen molar-refractivity contribution >= 4 is 12.1 Å². The molecular weight excluding hydrogens is 202 g/mol. The zero-order valence-corrected chi connectivity index (χ0v) is 9.55. The van der Waals surface area contributed by atoms with Crippen LogP contribution < -0.4 is 16.2 Å². The second kappa shape index (κ2) is 5.92. The zero-order valence-electron chi connectivity index (χ0n) is 9.55. The third kappa shape index (κ3) is 3.10. The summed E-state index contributed by atoms with van der Waals surface area (Å²) < 4.78 is 0. The predicted molar refractivity (Wildman–Crippen MR) is 65.5 cm³/mol. The van der Waals surface area contributed by atoms with Gasteiger partial charge in [0, 0.05) is 6.20 Å². The van der Waals surface area contributed by atoms with E-state index in [0.29, 0.717) is 6.41 Å². The van der Waals surface area contributed by atoms with Gasteiger partial charge in [0.05, 0.1) is 11.7 Å². The number of carbonyl (C=O) groups is 1. The summed E-state index contributed by atoms with van der Waals surface area (Å²) in [6.45, 7) is 3.83. The number of nitrogens with one attached hydrogen (secondary N) is 1. The second-order valence-electron chi connectivity index (χ2n) is 3.49. The molecule has 4 heteroatoms. The van der Waals surface area contributed by atoms with Crippen molar-refractivity contribution in [1.82, 2.24) is 5.32 Å². The first-order valence-electron chi connectivity index (χ1n) is 5.15. The van der Waals surface area contributed by atoms with Crippen molar-refractivity contribution in [2.45, 2.75) is 19.9 Å². The monoisotopic (exact) mass is 219 g/mol. The van der Waals surface area contributed by atoms with Crippen molar-refractivity contribution < 1.29 is 4.79 Å². The molecule has 0 spiro atoms. The number of hydrogen-bond acceptors (Lipinski definition) is 3. The fourth-order valence-electron chi connectivity index (χ4n) is 1.38. The normalized spacial score (nSPS) is 12.4. The van der Waals surface area contributed by atoms with E-state index in [0.717, 1.165) is 11.3 Å². The number of nitrogens with zero attached hydrogens (tertiary/aromatic N) is 1. The highest BCUT2D eigenvalue weighted by Gasteiger charge is 2.04. The molecule has 1 amide bonds. The van der Waals surface area contributed by atoms with E-state index in [2.05, 4.69) is 5.32 Å². The van der Waals surface area contributed by atoms with Gasteiger partial charge in [0.15, 0.2) is 0 Å². The molecule has 0 aliphatic rings. The molecule has 3 N–H and O–H groups in total. The Morgan fingerprint density at radius 1 is 1.38 bits per heavy atom. The van der Waals surface area contributed by atoms with Gasteiger partial charge in [-0.2, -0.15) is 0 Å². The molecule has 0 unspecified atom stereocenters. The largest absolute Gasteiger partial charge is 0.352 e. The minimum Gasteiger partial charge on any atom is -0.352 e. The van der Waals surface area contributed by atoms with E-state index < -0.39 is 0 Å². The third-order valence-corrected chi connectivity index (χ3v) is 2.32. The van der Waals surface area contributed by atoms with Gasteiger partial charge in [0.2, 0.25) is 6.41 Å². The number of benzene rings is 1. The molecule has 0 radical (unpaired) electrons. The first-order valence-corrected chi connectivity index (χ1v) is 5.15. The van der Waals surface area contributed by atoms with Crippen LogP contribution in [0.15, 0.2) is 36.5 Å². The lowest BCUT2D eigenvalue weighted by atomic mass is 10.1. The Balaban J connectivity index is 2.78. The average molecular weight is 219 g/mol. The molecule has 1 atom stereocenters. The molecule has 0 heterocycles. The van der Waals surface area contributed by atoms with Crippen molar-refractivity contribution in [1.29, 1.82) is 0 Å².